The molecule has 0 radical (unpaired) electrons. The van der Waals surface area contributed by atoms with Crippen LogP contribution in [-0.4, -0.2) is 17.6 Å². The summed E-state index contributed by atoms with van der Waals surface area (Å²) in [7, 11) is 0. The molecule has 1 amide bonds. The zero-order valence-corrected chi connectivity index (χ0v) is 12.3. The van der Waals surface area contributed by atoms with Gasteiger partial charge >= 0.3 is 0 Å². The van der Waals surface area contributed by atoms with Gasteiger partial charge in [0.2, 0.25) is 0 Å². The normalized spacial score (nSPS) is 9.86. The summed E-state index contributed by atoms with van der Waals surface area (Å²) < 4.78 is 13.9. The van der Waals surface area contributed by atoms with E-state index in [0.717, 1.165) is 11.3 Å². The molecule has 0 saturated heterocycles. The van der Waals surface area contributed by atoms with Gasteiger partial charge in [-0.05, 0) is 36.8 Å². The predicted molar refractivity (Wildman–Crippen MR) is 82.0 cm³/mol. The van der Waals surface area contributed by atoms with Gasteiger partial charge in [-0.2, -0.15) is 0 Å². The van der Waals surface area contributed by atoms with Crippen LogP contribution in [0.25, 0.3) is 0 Å². The van der Waals surface area contributed by atoms with E-state index in [0.29, 0.717) is 10.4 Å². The fourth-order valence-electron chi connectivity index (χ4n) is 1.71. The fourth-order valence-corrected chi connectivity index (χ4v) is 2.55. The van der Waals surface area contributed by atoms with Gasteiger partial charge < -0.3 is 10.4 Å². The van der Waals surface area contributed by atoms with Crippen LogP contribution in [0.15, 0.2) is 30.3 Å². The highest BCUT2D eigenvalue weighted by Crippen LogP contribution is 2.20. The minimum Gasteiger partial charge on any atom is -0.384 e. The van der Waals surface area contributed by atoms with Crippen LogP contribution in [-0.2, 0) is 6.42 Å². The van der Waals surface area contributed by atoms with E-state index in [4.69, 9.17) is 5.11 Å². The first kappa shape index (κ1) is 15.2. The molecular formula is C16H14FNO2S. The Kier molecular flexibility index (Phi) is 5.09. The van der Waals surface area contributed by atoms with E-state index < -0.39 is 5.82 Å². The maximum absolute atomic E-state index is 13.9. The molecule has 0 fully saturated rings. The van der Waals surface area contributed by atoms with Crippen molar-refractivity contribution in [2.45, 2.75) is 13.3 Å². The second-order valence-electron chi connectivity index (χ2n) is 4.23. The summed E-state index contributed by atoms with van der Waals surface area (Å²) >= 11 is 1.40. The third-order valence-corrected chi connectivity index (χ3v) is 3.99. The molecule has 0 aliphatic carbocycles. The van der Waals surface area contributed by atoms with Gasteiger partial charge in [-0.25, -0.2) is 4.39 Å². The molecule has 3 nitrogen and oxygen atoms in total. The van der Waals surface area contributed by atoms with Crippen LogP contribution < -0.4 is 5.32 Å². The van der Waals surface area contributed by atoms with Gasteiger partial charge in [0.15, 0.2) is 0 Å². The number of nitrogens with one attached hydrogen (secondary N) is 1. The van der Waals surface area contributed by atoms with E-state index in [2.05, 4.69) is 17.2 Å². The lowest BCUT2D eigenvalue weighted by molar-refractivity contribution is 0.103. The van der Waals surface area contributed by atoms with Crippen molar-refractivity contribution >= 4 is 22.9 Å². The first-order valence-electron chi connectivity index (χ1n) is 6.43. The number of aliphatic hydroxyl groups excluding tert-OH is 1. The zero-order valence-electron chi connectivity index (χ0n) is 11.4. The van der Waals surface area contributed by atoms with E-state index in [1.165, 1.54) is 23.5 Å². The smallest absolute Gasteiger partial charge is 0.265 e. The van der Waals surface area contributed by atoms with Gasteiger partial charge in [0.25, 0.3) is 5.91 Å². The number of thiophene rings is 1. The average molecular weight is 303 g/mol. The predicted octanol–water partition coefficient (Wildman–Crippen LogP) is 3.05. The molecule has 1 aromatic carbocycles. The Morgan fingerprint density at radius 2 is 2.19 bits per heavy atom. The van der Waals surface area contributed by atoms with Crippen LogP contribution >= 0.6 is 11.3 Å². The summed E-state index contributed by atoms with van der Waals surface area (Å²) in [6, 6.07) is 7.90. The summed E-state index contributed by atoms with van der Waals surface area (Å²) in [5.41, 5.74) is 0.560. The summed E-state index contributed by atoms with van der Waals surface area (Å²) in [5, 5.41) is 11.1. The number of aliphatic hydroxyl groups is 1. The third kappa shape index (κ3) is 3.91. The summed E-state index contributed by atoms with van der Waals surface area (Å²) in [4.78, 5) is 13.7. The minimum absolute atomic E-state index is 0.112. The Hall–Kier alpha value is -2.16. The van der Waals surface area contributed by atoms with Crippen molar-refractivity contribution in [3.8, 4) is 11.8 Å². The number of rotatable bonds is 3. The molecule has 108 valence electrons. The Labute approximate surface area is 126 Å². The van der Waals surface area contributed by atoms with Crippen molar-refractivity contribution in [3.05, 3.63) is 51.5 Å². The van der Waals surface area contributed by atoms with Crippen molar-refractivity contribution in [2.24, 2.45) is 0 Å². The number of amides is 1. The number of carbonyl (C=O) groups is 1. The second kappa shape index (κ2) is 7.02. The van der Waals surface area contributed by atoms with Gasteiger partial charge in [0, 0.05) is 10.4 Å². The Morgan fingerprint density at radius 1 is 1.38 bits per heavy atom. The second-order valence-corrected chi connectivity index (χ2v) is 5.40. The van der Waals surface area contributed by atoms with Crippen LogP contribution in [0, 0.1) is 17.7 Å². The van der Waals surface area contributed by atoms with Crippen LogP contribution in [0.2, 0.25) is 0 Å². The number of benzene rings is 1. The number of halogens is 1. The number of hydrogen-bond donors (Lipinski definition) is 2. The van der Waals surface area contributed by atoms with Crippen LogP contribution in [0.1, 0.15) is 27.0 Å². The zero-order chi connectivity index (χ0) is 15.2. The monoisotopic (exact) mass is 303 g/mol. The highest BCUT2D eigenvalue weighted by molar-refractivity contribution is 7.14. The average Bonchev–Trinajstić information content (AvgIpc) is 2.96. The number of hydrogen-bond acceptors (Lipinski definition) is 3. The largest absolute Gasteiger partial charge is 0.384 e. The highest BCUT2D eigenvalue weighted by Gasteiger charge is 2.11. The molecule has 2 N–H and O–H groups in total. The minimum atomic E-state index is -0.555. The molecule has 0 unspecified atom stereocenters. The van der Waals surface area contributed by atoms with Crippen molar-refractivity contribution in [1.29, 1.82) is 0 Å². The Bertz CT molecular complexity index is 713. The van der Waals surface area contributed by atoms with Gasteiger partial charge in [0.1, 0.15) is 12.4 Å². The molecule has 0 aliphatic heterocycles. The molecule has 0 aliphatic rings. The summed E-state index contributed by atoms with van der Waals surface area (Å²) in [5.74, 6) is 4.17. The maximum atomic E-state index is 13.9. The Morgan fingerprint density at radius 3 is 2.81 bits per heavy atom. The first-order valence-corrected chi connectivity index (χ1v) is 7.25. The lowest BCUT2D eigenvalue weighted by Gasteiger charge is -2.05. The number of aryl methyl sites for hydroxylation is 1. The molecule has 0 atom stereocenters. The fraction of sp³-hybridized carbons (Fsp3) is 0.188. The molecule has 0 saturated carbocycles. The van der Waals surface area contributed by atoms with Crippen molar-refractivity contribution in [3.63, 3.8) is 0 Å². The van der Waals surface area contributed by atoms with Gasteiger partial charge in [-0.1, -0.05) is 18.8 Å². The number of anilines is 1. The van der Waals surface area contributed by atoms with Crippen molar-refractivity contribution in [2.75, 3.05) is 11.9 Å². The maximum Gasteiger partial charge on any atom is 0.265 e. The SMILES string of the molecule is CCc1ccc(C(=O)Nc2ccc(C#CCO)cc2F)s1. The number of carbonyl (C=O) groups excluding carboxylic acids is 1. The molecule has 1 heterocycles. The summed E-state index contributed by atoms with van der Waals surface area (Å²) in [6.07, 6.45) is 0.866. The van der Waals surface area contributed by atoms with E-state index in [1.807, 2.05) is 13.0 Å². The standard InChI is InChI=1S/C16H14FNO2S/c1-2-12-6-8-15(21-12)16(20)18-14-7-5-11(4-3-9-19)10-13(14)17/h5-8,10,19H,2,9H2,1H3,(H,18,20). The molecule has 2 aromatic rings. The molecular weight excluding hydrogens is 289 g/mol. The van der Waals surface area contributed by atoms with Crippen LogP contribution in [0.5, 0.6) is 0 Å². The van der Waals surface area contributed by atoms with E-state index in [1.54, 1.807) is 12.1 Å². The molecule has 2 rings (SSSR count). The quantitative estimate of drug-likeness (QED) is 0.856. The van der Waals surface area contributed by atoms with E-state index >= 15 is 0 Å². The highest BCUT2D eigenvalue weighted by atomic mass is 32.1. The van der Waals surface area contributed by atoms with Crippen LogP contribution in [0.4, 0.5) is 10.1 Å². The summed E-state index contributed by atoms with van der Waals surface area (Å²) in [6.45, 7) is 1.73. The Balaban J connectivity index is 2.14. The van der Waals surface area contributed by atoms with Gasteiger partial charge in [-0.15, -0.1) is 11.3 Å². The first-order chi connectivity index (χ1) is 10.1. The van der Waals surface area contributed by atoms with E-state index in [9.17, 15) is 9.18 Å². The molecule has 5 heteroatoms. The van der Waals surface area contributed by atoms with Crippen LogP contribution in [0.3, 0.4) is 0 Å². The molecule has 1 aromatic heterocycles. The molecule has 21 heavy (non-hydrogen) atoms. The molecule has 0 spiro atoms. The third-order valence-electron chi connectivity index (χ3n) is 2.76. The van der Waals surface area contributed by atoms with Crippen molar-refractivity contribution < 1.29 is 14.3 Å². The van der Waals surface area contributed by atoms with Gasteiger partial charge in [-0.3, -0.25) is 4.79 Å². The topological polar surface area (TPSA) is 49.3 Å². The lowest BCUT2D eigenvalue weighted by Crippen LogP contribution is -2.11. The van der Waals surface area contributed by atoms with Crippen molar-refractivity contribution in [1.82, 2.24) is 0 Å². The lowest BCUT2D eigenvalue weighted by atomic mass is 10.2. The van der Waals surface area contributed by atoms with Gasteiger partial charge in [0.05, 0.1) is 10.6 Å². The molecule has 0 bridgehead atoms. The van der Waals surface area contributed by atoms with E-state index in [-0.39, 0.29) is 18.2 Å².